The second-order valence-corrected chi connectivity index (χ2v) is 16.6. The van der Waals surface area contributed by atoms with Crippen molar-refractivity contribution in [1.29, 1.82) is 5.26 Å². The molecule has 4 amide bonds. The van der Waals surface area contributed by atoms with E-state index in [1.807, 2.05) is 22.9 Å². The highest BCUT2D eigenvalue weighted by atomic mass is 35.5. The standard InChI is InChI=1S/C48H59ClN8O15.CH3/c49-33-6-8-35(9-7-33)70-22-4-2-1-3-17-52-48(53-31-50)54-34-14-19-56(20-15-34)30-32-5-10-37(71-47-44(64)42(62)43(63)45(72-47)46(65)66)36(29-32)55-39(59)13-18-51-38(58)16-23-67-25-27-69-28-26-68-24-21-57-40(60)11-12-41(57)61;/h5-12,14-15,19-20,29,42-45,47,62-64H,1-4,13,16-18,21-28,30H2,(H4,51,52,53,55,58,59,65,66);1H3/q;-1/p+1/t42-,43-,44+,45-,47+;/m0./s1. The van der Waals surface area contributed by atoms with Crippen LogP contribution in [0.2, 0.25) is 5.02 Å². The number of benzene rings is 2. The number of ether oxygens (including phenoxy) is 6. The molecule has 8 N–H and O–H groups in total. The minimum atomic E-state index is -1.95. The number of rotatable bonds is 30. The molecule has 23 nitrogen and oxygen atoms in total. The molecule has 1 aromatic heterocycles. The summed E-state index contributed by atoms with van der Waals surface area (Å²) in [7, 11) is 0. The van der Waals surface area contributed by atoms with Gasteiger partial charge in [-0.1, -0.05) is 18.0 Å². The first-order valence-corrected chi connectivity index (χ1v) is 23.6. The number of nitriles is 1. The van der Waals surface area contributed by atoms with Gasteiger partial charge in [-0.15, -0.1) is 0 Å². The maximum absolute atomic E-state index is 13.2. The van der Waals surface area contributed by atoms with Gasteiger partial charge in [-0.3, -0.25) is 34.4 Å². The smallest absolute Gasteiger partial charge is 0.335 e. The lowest BCUT2D eigenvalue weighted by Gasteiger charge is -2.38. The molecule has 73 heavy (non-hydrogen) atoms. The maximum atomic E-state index is 13.2. The van der Waals surface area contributed by atoms with Crippen LogP contribution < -0.4 is 35.3 Å². The van der Waals surface area contributed by atoms with Gasteiger partial charge in [0.1, 0.15) is 29.8 Å². The van der Waals surface area contributed by atoms with Gasteiger partial charge in [0, 0.05) is 60.8 Å². The third kappa shape index (κ3) is 20.4. The van der Waals surface area contributed by atoms with E-state index < -0.39 is 42.6 Å². The number of aliphatic hydroxyl groups is 3. The van der Waals surface area contributed by atoms with Crippen LogP contribution in [-0.4, -0.2) is 157 Å². The molecule has 0 aliphatic carbocycles. The summed E-state index contributed by atoms with van der Waals surface area (Å²) < 4.78 is 34.9. The molecular weight excluding hydrogens is 976 g/mol. The quantitative estimate of drug-likeness (QED) is 0.00688. The van der Waals surface area contributed by atoms with Crippen molar-refractivity contribution in [2.45, 2.75) is 75.8 Å². The summed E-state index contributed by atoms with van der Waals surface area (Å²) in [4.78, 5) is 66.1. The Kier molecular flexibility index (Phi) is 25.5. The van der Waals surface area contributed by atoms with E-state index in [0.29, 0.717) is 29.4 Å². The molecule has 2 aliphatic rings. The third-order valence-electron chi connectivity index (χ3n) is 10.7. The Bertz CT molecular complexity index is 2330. The van der Waals surface area contributed by atoms with Crippen molar-refractivity contribution >= 4 is 58.5 Å². The van der Waals surface area contributed by atoms with E-state index in [4.69, 9.17) is 40.0 Å². The van der Waals surface area contributed by atoms with Gasteiger partial charge in [0.2, 0.25) is 24.1 Å². The van der Waals surface area contributed by atoms with Crippen molar-refractivity contribution in [3.05, 3.63) is 97.2 Å². The van der Waals surface area contributed by atoms with E-state index >= 15 is 0 Å². The summed E-state index contributed by atoms with van der Waals surface area (Å²) >= 11 is 5.92. The van der Waals surface area contributed by atoms with Crippen LogP contribution >= 0.6 is 11.6 Å². The number of carboxylic acid groups (broad SMARTS) is 1. The number of carboxylic acids is 1. The van der Waals surface area contributed by atoms with Crippen LogP contribution in [-0.2, 0) is 49.5 Å². The van der Waals surface area contributed by atoms with Crippen molar-refractivity contribution in [3.63, 3.8) is 0 Å². The van der Waals surface area contributed by atoms with E-state index in [1.165, 1.54) is 18.2 Å². The minimum absolute atomic E-state index is 0. The van der Waals surface area contributed by atoms with E-state index in [0.717, 1.165) is 36.3 Å². The Morgan fingerprint density at radius 3 is 2.15 bits per heavy atom. The molecule has 2 aliphatic heterocycles. The molecule has 5 rings (SSSR count). The predicted molar refractivity (Wildman–Crippen MR) is 263 cm³/mol. The second-order valence-electron chi connectivity index (χ2n) is 16.1. The van der Waals surface area contributed by atoms with Crippen molar-refractivity contribution in [3.8, 4) is 17.7 Å². The zero-order chi connectivity index (χ0) is 51.7. The summed E-state index contributed by atoms with van der Waals surface area (Å²) in [6, 6.07) is 15.5. The number of aliphatic carboxylic acids is 1. The molecule has 0 unspecified atom stereocenters. The summed E-state index contributed by atoms with van der Waals surface area (Å²) in [5.74, 6) is -2.25. The van der Waals surface area contributed by atoms with Crippen molar-refractivity contribution in [2.75, 3.05) is 76.5 Å². The third-order valence-corrected chi connectivity index (χ3v) is 11.0. The molecular formula is C49H63ClN8O15. The van der Waals surface area contributed by atoms with Crippen LogP contribution in [0.25, 0.3) is 0 Å². The number of imide groups is 1. The van der Waals surface area contributed by atoms with Crippen LogP contribution in [0.15, 0.2) is 84.1 Å². The number of halogens is 1. The Morgan fingerprint density at radius 1 is 0.795 bits per heavy atom. The van der Waals surface area contributed by atoms with Gasteiger partial charge in [-0.2, -0.15) is 5.26 Å². The number of carbonyl (C=O) groups excluding carboxylic acids is 4. The van der Waals surface area contributed by atoms with Gasteiger partial charge in [-0.25, -0.2) is 9.36 Å². The summed E-state index contributed by atoms with van der Waals surface area (Å²) in [6.07, 6.45) is 1.87. The Morgan fingerprint density at radius 2 is 1.47 bits per heavy atom. The largest absolute Gasteiger partial charge is 0.494 e. The van der Waals surface area contributed by atoms with Crippen molar-refractivity contribution in [2.24, 2.45) is 4.99 Å². The normalized spacial score (nSPS) is 18.4. The lowest BCUT2D eigenvalue weighted by molar-refractivity contribution is -0.688. The molecule has 24 heteroatoms. The first-order valence-electron chi connectivity index (χ1n) is 23.2. The summed E-state index contributed by atoms with van der Waals surface area (Å²) in [6.45, 7) is 2.72. The molecule has 0 spiro atoms. The fourth-order valence-corrected chi connectivity index (χ4v) is 7.04. The van der Waals surface area contributed by atoms with Crippen molar-refractivity contribution in [1.82, 2.24) is 15.5 Å². The fraction of sp³-hybridized carbons (Fsp3) is 0.449. The highest BCUT2D eigenvalue weighted by Crippen LogP contribution is 2.31. The number of amides is 4. The number of unbranched alkanes of at least 4 members (excludes halogenated alkanes) is 3. The number of aliphatic hydroxyl groups excluding tert-OH is 3. The Labute approximate surface area is 427 Å². The molecule has 3 aromatic rings. The predicted octanol–water partition coefficient (Wildman–Crippen LogP) is 1.68. The monoisotopic (exact) mass is 1040 g/mol. The van der Waals surface area contributed by atoms with E-state index in [-0.39, 0.29) is 115 Å². The topological polar surface area (TPSA) is 313 Å². The van der Waals surface area contributed by atoms with Crippen LogP contribution in [0.4, 0.5) is 11.4 Å². The van der Waals surface area contributed by atoms with Crippen LogP contribution in [0, 0.1) is 18.9 Å². The number of nitrogens with zero attached hydrogens (tertiary/aromatic N) is 4. The molecule has 1 saturated heterocycles. The minimum Gasteiger partial charge on any atom is -0.494 e. The van der Waals surface area contributed by atoms with Gasteiger partial charge in [0.25, 0.3) is 11.8 Å². The number of pyridine rings is 1. The molecule has 3 heterocycles. The zero-order valence-electron chi connectivity index (χ0n) is 40.4. The molecule has 396 valence electrons. The zero-order valence-corrected chi connectivity index (χ0v) is 41.1. The average Bonchev–Trinajstić information content (AvgIpc) is 3.68. The van der Waals surface area contributed by atoms with Crippen molar-refractivity contribution < 1.29 is 77.4 Å². The first kappa shape index (κ1) is 58.8. The van der Waals surface area contributed by atoms with Crippen LogP contribution in [0.5, 0.6) is 11.5 Å². The lowest BCUT2D eigenvalue weighted by Crippen LogP contribution is -2.61. The van der Waals surface area contributed by atoms with E-state index in [9.17, 15) is 49.7 Å². The molecule has 0 saturated carbocycles. The number of hydrogen-bond acceptors (Lipinski definition) is 16. The van der Waals surface area contributed by atoms with Gasteiger partial charge in [-0.05, 0) is 61.7 Å². The highest BCUT2D eigenvalue weighted by Gasteiger charge is 2.48. The molecule has 1 fully saturated rings. The number of aliphatic imine (C=N–C) groups is 1. The lowest BCUT2D eigenvalue weighted by atomic mass is 9.99. The molecule has 0 bridgehead atoms. The van der Waals surface area contributed by atoms with Gasteiger partial charge in [0.15, 0.2) is 31.2 Å². The number of hydrogen-bond donors (Lipinski definition) is 8. The summed E-state index contributed by atoms with van der Waals surface area (Å²) in [5, 5.41) is 61.7. The number of nitrogens with one attached hydrogen (secondary N) is 4. The van der Waals surface area contributed by atoms with Gasteiger partial charge in [0.05, 0.1) is 64.2 Å². The highest BCUT2D eigenvalue weighted by molar-refractivity contribution is 6.30. The van der Waals surface area contributed by atoms with Crippen LogP contribution in [0.3, 0.4) is 0 Å². The van der Waals surface area contributed by atoms with E-state index in [1.54, 1.807) is 48.8 Å². The maximum Gasteiger partial charge on any atom is 0.335 e. The van der Waals surface area contributed by atoms with Gasteiger partial charge < -0.3 is 72.2 Å². The number of guanidine groups is 1. The number of anilines is 2. The second kappa shape index (κ2) is 31.7. The number of aromatic nitrogens is 1. The number of carbonyl (C=O) groups is 5. The SMILES string of the molecule is N#CNC(=NCCCCCCOc1ccc(Cl)cc1)Nc1cc[n+](Cc2ccc(O[C@@H]3O[C@H](C(=O)O)[C@@H](O)[C@H](O)[C@H]3O)c(NC(=O)CCNC(=O)CCOCCOCCOCCN3C(=O)C=CC3=O)c2)cc1.[CH3-]. The first-order chi connectivity index (χ1) is 34.8. The van der Waals surface area contributed by atoms with Gasteiger partial charge >= 0.3 is 5.97 Å². The Hall–Kier alpha value is -6.75. The molecule has 0 radical (unpaired) electrons. The summed E-state index contributed by atoms with van der Waals surface area (Å²) in [5.41, 5.74) is 1.40. The molecule has 2 aromatic carbocycles. The van der Waals surface area contributed by atoms with E-state index in [2.05, 4.69) is 26.3 Å². The van der Waals surface area contributed by atoms with Crippen LogP contribution in [0.1, 0.15) is 44.1 Å². The average molecular weight is 1040 g/mol. The molecule has 5 atom stereocenters. The Balaban J connectivity index is 0.0000116. The fourth-order valence-electron chi connectivity index (χ4n) is 6.92.